The zero-order valence-corrected chi connectivity index (χ0v) is 7.48. The third-order valence-corrected chi connectivity index (χ3v) is 2.10. The van der Waals surface area contributed by atoms with Crippen molar-refractivity contribution in [3.8, 4) is 0 Å². The Morgan fingerprint density at radius 1 is 1.45 bits per heavy atom. The number of allylic oxidation sites excluding steroid dienone is 2. The topological polar surface area (TPSA) is 12.0 Å². The van der Waals surface area contributed by atoms with E-state index in [9.17, 15) is 0 Å². The summed E-state index contributed by atoms with van der Waals surface area (Å²) in [6.45, 7) is 6.52. The molecule has 62 valence electrons. The number of nitrogens with one attached hydrogen (secondary N) is 1. The van der Waals surface area contributed by atoms with Crippen molar-refractivity contribution in [2.24, 2.45) is 0 Å². The molecule has 1 heteroatoms. The highest BCUT2D eigenvalue weighted by atomic mass is 14.9. The van der Waals surface area contributed by atoms with Gasteiger partial charge in [0.2, 0.25) is 0 Å². The second-order valence-electron chi connectivity index (χ2n) is 2.88. The van der Waals surface area contributed by atoms with Crippen molar-refractivity contribution in [2.45, 2.75) is 26.7 Å². The summed E-state index contributed by atoms with van der Waals surface area (Å²) in [6, 6.07) is 0. The van der Waals surface area contributed by atoms with E-state index in [1.54, 1.807) is 0 Å². The smallest absolute Gasteiger partial charge is 0.0205 e. The lowest BCUT2D eigenvalue weighted by atomic mass is 9.98. The monoisotopic (exact) mass is 151 g/mol. The molecule has 1 saturated heterocycles. The van der Waals surface area contributed by atoms with E-state index in [0.717, 1.165) is 19.5 Å². The van der Waals surface area contributed by atoms with Gasteiger partial charge in [-0.15, -0.1) is 0 Å². The highest BCUT2D eigenvalue weighted by Crippen LogP contribution is 2.16. The van der Waals surface area contributed by atoms with Gasteiger partial charge < -0.3 is 5.32 Å². The summed E-state index contributed by atoms with van der Waals surface area (Å²) < 4.78 is 0. The summed E-state index contributed by atoms with van der Waals surface area (Å²) in [5.74, 6) is 0. The van der Waals surface area contributed by atoms with Gasteiger partial charge in [-0.05, 0) is 37.5 Å². The van der Waals surface area contributed by atoms with Crippen LogP contribution in [0.2, 0.25) is 0 Å². The summed E-state index contributed by atoms with van der Waals surface area (Å²) in [5, 5.41) is 3.37. The van der Waals surface area contributed by atoms with E-state index in [-0.39, 0.29) is 0 Å². The standard InChI is InChI=1S/C10H17N/c1-3-5-10-8-11-7-6-9(10)4-2/h4-5,11H,3,6-8H2,1-2H3/b9-4-,10-5-. The first-order chi connectivity index (χ1) is 5.38. The second kappa shape index (κ2) is 4.35. The SMILES string of the molecule is C/C=C1/CCNC/C1=C/CC. The maximum Gasteiger partial charge on any atom is 0.0205 e. The van der Waals surface area contributed by atoms with Gasteiger partial charge in [-0.3, -0.25) is 0 Å². The van der Waals surface area contributed by atoms with Gasteiger partial charge in [0.1, 0.15) is 0 Å². The van der Waals surface area contributed by atoms with E-state index in [2.05, 4.69) is 31.3 Å². The van der Waals surface area contributed by atoms with Gasteiger partial charge >= 0.3 is 0 Å². The Bertz CT molecular complexity index is 177. The number of rotatable bonds is 1. The van der Waals surface area contributed by atoms with Crippen molar-refractivity contribution in [1.29, 1.82) is 0 Å². The molecule has 0 aromatic carbocycles. The van der Waals surface area contributed by atoms with Crippen LogP contribution >= 0.6 is 0 Å². The number of piperidine rings is 1. The molecule has 0 aliphatic carbocycles. The molecule has 1 N–H and O–H groups in total. The van der Waals surface area contributed by atoms with E-state index in [0.29, 0.717) is 0 Å². The Balaban J connectivity index is 2.67. The lowest BCUT2D eigenvalue weighted by molar-refractivity contribution is 0.679. The van der Waals surface area contributed by atoms with Crippen molar-refractivity contribution < 1.29 is 0 Å². The summed E-state index contributed by atoms with van der Waals surface area (Å²) in [7, 11) is 0. The summed E-state index contributed by atoms with van der Waals surface area (Å²) in [6.07, 6.45) is 6.90. The summed E-state index contributed by atoms with van der Waals surface area (Å²) in [5.41, 5.74) is 3.03. The maximum atomic E-state index is 3.37. The van der Waals surface area contributed by atoms with Crippen molar-refractivity contribution >= 4 is 0 Å². The Morgan fingerprint density at radius 2 is 2.27 bits per heavy atom. The number of hydrogen-bond acceptors (Lipinski definition) is 1. The Kier molecular flexibility index (Phi) is 3.37. The van der Waals surface area contributed by atoms with E-state index < -0.39 is 0 Å². The van der Waals surface area contributed by atoms with Crippen LogP contribution in [0.3, 0.4) is 0 Å². The molecule has 0 aromatic rings. The van der Waals surface area contributed by atoms with Crippen LogP contribution in [0.25, 0.3) is 0 Å². The van der Waals surface area contributed by atoms with Gasteiger partial charge in [-0.25, -0.2) is 0 Å². The molecular weight excluding hydrogens is 134 g/mol. The molecule has 0 radical (unpaired) electrons. The third kappa shape index (κ3) is 2.19. The highest BCUT2D eigenvalue weighted by molar-refractivity contribution is 5.33. The summed E-state index contributed by atoms with van der Waals surface area (Å²) >= 11 is 0. The largest absolute Gasteiger partial charge is 0.312 e. The molecule has 1 fully saturated rings. The molecule has 0 atom stereocenters. The van der Waals surface area contributed by atoms with Crippen molar-refractivity contribution in [3.05, 3.63) is 23.3 Å². The molecule has 0 aromatic heterocycles. The zero-order chi connectivity index (χ0) is 8.10. The molecule has 1 rings (SSSR count). The van der Waals surface area contributed by atoms with Crippen molar-refractivity contribution in [2.75, 3.05) is 13.1 Å². The molecule has 1 aliphatic heterocycles. The van der Waals surface area contributed by atoms with Crippen LogP contribution in [0, 0.1) is 0 Å². The lowest BCUT2D eigenvalue weighted by Crippen LogP contribution is -2.25. The first kappa shape index (κ1) is 8.54. The summed E-state index contributed by atoms with van der Waals surface area (Å²) in [4.78, 5) is 0. The fourth-order valence-corrected chi connectivity index (χ4v) is 1.50. The number of hydrogen-bond donors (Lipinski definition) is 1. The third-order valence-electron chi connectivity index (χ3n) is 2.10. The quantitative estimate of drug-likeness (QED) is 0.606. The molecule has 0 saturated carbocycles. The molecule has 1 nitrogen and oxygen atoms in total. The molecule has 0 bridgehead atoms. The van der Waals surface area contributed by atoms with Gasteiger partial charge in [-0.1, -0.05) is 19.1 Å². The minimum absolute atomic E-state index is 1.06. The van der Waals surface area contributed by atoms with Gasteiger partial charge in [0.05, 0.1) is 0 Å². The average Bonchev–Trinajstić information content (AvgIpc) is 2.06. The van der Waals surface area contributed by atoms with Gasteiger partial charge in [0.15, 0.2) is 0 Å². The van der Waals surface area contributed by atoms with Crippen LogP contribution in [0.4, 0.5) is 0 Å². The predicted molar refractivity (Wildman–Crippen MR) is 49.6 cm³/mol. The molecule has 11 heavy (non-hydrogen) atoms. The Morgan fingerprint density at radius 3 is 2.91 bits per heavy atom. The first-order valence-corrected chi connectivity index (χ1v) is 4.43. The first-order valence-electron chi connectivity index (χ1n) is 4.43. The minimum Gasteiger partial charge on any atom is -0.312 e. The maximum absolute atomic E-state index is 3.37. The van der Waals surface area contributed by atoms with E-state index in [1.165, 1.54) is 17.6 Å². The van der Waals surface area contributed by atoms with E-state index >= 15 is 0 Å². The highest BCUT2D eigenvalue weighted by Gasteiger charge is 2.08. The Labute approximate surface area is 69.2 Å². The van der Waals surface area contributed by atoms with Crippen LogP contribution in [0.1, 0.15) is 26.7 Å². The Hall–Kier alpha value is -0.560. The second-order valence-corrected chi connectivity index (χ2v) is 2.88. The molecule has 0 unspecified atom stereocenters. The minimum atomic E-state index is 1.06. The van der Waals surface area contributed by atoms with Crippen LogP contribution in [-0.4, -0.2) is 13.1 Å². The fourth-order valence-electron chi connectivity index (χ4n) is 1.50. The fraction of sp³-hybridized carbons (Fsp3) is 0.600. The van der Waals surface area contributed by atoms with Crippen LogP contribution in [-0.2, 0) is 0 Å². The molecular formula is C10H17N. The van der Waals surface area contributed by atoms with E-state index in [4.69, 9.17) is 0 Å². The van der Waals surface area contributed by atoms with Gasteiger partial charge in [0, 0.05) is 6.54 Å². The van der Waals surface area contributed by atoms with Crippen LogP contribution in [0.5, 0.6) is 0 Å². The molecule has 0 spiro atoms. The predicted octanol–water partition coefficient (Wildman–Crippen LogP) is 2.26. The van der Waals surface area contributed by atoms with Crippen molar-refractivity contribution in [1.82, 2.24) is 5.32 Å². The molecule has 1 heterocycles. The molecule has 1 aliphatic rings. The van der Waals surface area contributed by atoms with E-state index in [1.807, 2.05) is 0 Å². The van der Waals surface area contributed by atoms with Gasteiger partial charge in [-0.2, -0.15) is 0 Å². The average molecular weight is 151 g/mol. The lowest BCUT2D eigenvalue weighted by Gasteiger charge is -2.19. The van der Waals surface area contributed by atoms with Crippen molar-refractivity contribution in [3.63, 3.8) is 0 Å². The normalized spacial score (nSPS) is 26.4. The van der Waals surface area contributed by atoms with Crippen LogP contribution in [0.15, 0.2) is 23.3 Å². The zero-order valence-electron chi connectivity index (χ0n) is 7.48. The van der Waals surface area contributed by atoms with Gasteiger partial charge in [0.25, 0.3) is 0 Å². The molecule has 0 amide bonds. The van der Waals surface area contributed by atoms with Crippen LogP contribution < -0.4 is 5.32 Å².